The summed E-state index contributed by atoms with van der Waals surface area (Å²) in [5.41, 5.74) is 2.29. The number of carbonyl (C=O) groups excluding carboxylic acids is 1. The Morgan fingerprint density at radius 3 is 3.05 bits per heavy atom. The highest BCUT2D eigenvalue weighted by molar-refractivity contribution is 7.08. The number of nitrogens with zero attached hydrogens (tertiary/aromatic N) is 3. The third-order valence-corrected chi connectivity index (χ3v) is 5.17. The quantitative estimate of drug-likeness (QED) is 0.874. The molecule has 0 radical (unpaired) electrons. The van der Waals surface area contributed by atoms with E-state index in [9.17, 15) is 4.79 Å². The van der Waals surface area contributed by atoms with E-state index in [2.05, 4.69) is 27.4 Å². The molecular weight excluding hydrogens is 282 g/mol. The molecular formula is C16H17N3OS. The molecule has 5 heteroatoms. The molecule has 0 N–H and O–H groups in total. The summed E-state index contributed by atoms with van der Waals surface area (Å²) >= 11 is 1.65. The minimum atomic E-state index is 0.263. The van der Waals surface area contributed by atoms with Gasteiger partial charge in [0.1, 0.15) is 0 Å². The lowest BCUT2D eigenvalue weighted by molar-refractivity contribution is -0.117. The van der Waals surface area contributed by atoms with Gasteiger partial charge in [-0.05, 0) is 29.5 Å². The van der Waals surface area contributed by atoms with Crippen molar-refractivity contribution in [3.8, 4) is 0 Å². The first-order valence-corrected chi connectivity index (χ1v) is 8.24. The second kappa shape index (κ2) is 5.24. The van der Waals surface area contributed by atoms with Gasteiger partial charge in [0, 0.05) is 43.3 Å². The third-order valence-electron chi connectivity index (χ3n) is 4.50. The van der Waals surface area contributed by atoms with Gasteiger partial charge in [-0.25, -0.2) is 0 Å². The van der Waals surface area contributed by atoms with E-state index in [-0.39, 0.29) is 5.91 Å². The summed E-state index contributed by atoms with van der Waals surface area (Å²) in [6.45, 7) is 1.94. The standard InChI is InChI=1S/C16H17N3OS/c20-16-8-15-14(19(16)13-4-7-21-11-13)3-6-18(15)10-12-2-1-5-17-9-12/h1-2,4-5,7,9,11,14-15H,3,6,8,10H2/t14-,15+/m0/s1. The summed E-state index contributed by atoms with van der Waals surface area (Å²) in [5.74, 6) is 0.263. The van der Waals surface area contributed by atoms with Crippen molar-refractivity contribution < 1.29 is 4.79 Å². The van der Waals surface area contributed by atoms with Gasteiger partial charge in [-0.3, -0.25) is 14.7 Å². The number of amides is 1. The molecule has 21 heavy (non-hydrogen) atoms. The van der Waals surface area contributed by atoms with Crippen LogP contribution in [0.5, 0.6) is 0 Å². The van der Waals surface area contributed by atoms with E-state index >= 15 is 0 Å². The predicted molar refractivity (Wildman–Crippen MR) is 83.3 cm³/mol. The van der Waals surface area contributed by atoms with Crippen molar-refractivity contribution in [3.63, 3.8) is 0 Å². The number of pyridine rings is 1. The molecule has 2 fully saturated rings. The molecule has 2 aliphatic heterocycles. The van der Waals surface area contributed by atoms with Crippen molar-refractivity contribution in [2.24, 2.45) is 0 Å². The Kier molecular flexibility index (Phi) is 3.24. The van der Waals surface area contributed by atoms with Crippen LogP contribution < -0.4 is 4.90 Å². The van der Waals surface area contributed by atoms with Gasteiger partial charge in [-0.15, -0.1) is 0 Å². The maximum Gasteiger partial charge on any atom is 0.228 e. The van der Waals surface area contributed by atoms with E-state index in [4.69, 9.17) is 0 Å². The zero-order valence-electron chi connectivity index (χ0n) is 11.7. The Morgan fingerprint density at radius 1 is 1.33 bits per heavy atom. The zero-order chi connectivity index (χ0) is 14.2. The molecule has 1 amide bonds. The normalized spacial score (nSPS) is 25.5. The van der Waals surface area contributed by atoms with E-state index in [1.165, 1.54) is 5.56 Å². The van der Waals surface area contributed by atoms with E-state index in [1.807, 2.05) is 22.5 Å². The molecule has 2 saturated heterocycles. The van der Waals surface area contributed by atoms with Gasteiger partial charge in [-0.2, -0.15) is 11.3 Å². The summed E-state index contributed by atoms with van der Waals surface area (Å²) in [7, 11) is 0. The maximum absolute atomic E-state index is 12.4. The van der Waals surface area contributed by atoms with Crippen molar-refractivity contribution in [3.05, 3.63) is 46.9 Å². The molecule has 2 aliphatic rings. The Morgan fingerprint density at radius 2 is 2.29 bits per heavy atom. The van der Waals surface area contributed by atoms with Gasteiger partial charge < -0.3 is 4.90 Å². The molecule has 0 saturated carbocycles. The van der Waals surface area contributed by atoms with Crippen LogP contribution in [0.15, 0.2) is 41.4 Å². The monoisotopic (exact) mass is 299 g/mol. The Bertz CT molecular complexity index is 628. The smallest absolute Gasteiger partial charge is 0.228 e. The van der Waals surface area contributed by atoms with Crippen molar-refractivity contribution in [2.75, 3.05) is 11.4 Å². The number of carbonyl (C=O) groups is 1. The lowest BCUT2D eigenvalue weighted by Crippen LogP contribution is -2.36. The van der Waals surface area contributed by atoms with Gasteiger partial charge in [0.05, 0.1) is 11.7 Å². The van der Waals surface area contributed by atoms with E-state index < -0.39 is 0 Å². The number of likely N-dealkylation sites (tertiary alicyclic amines) is 1. The topological polar surface area (TPSA) is 36.4 Å². The van der Waals surface area contributed by atoms with Gasteiger partial charge in [-0.1, -0.05) is 6.07 Å². The molecule has 2 aromatic heterocycles. The maximum atomic E-state index is 12.4. The van der Waals surface area contributed by atoms with Crippen LogP contribution >= 0.6 is 11.3 Å². The highest BCUT2D eigenvalue weighted by Gasteiger charge is 2.47. The highest BCUT2D eigenvalue weighted by atomic mass is 32.1. The Hall–Kier alpha value is -1.72. The van der Waals surface area contributed by atoms with Crippen LogP contribution in [0.4, 0.5) is 5.69 Å². The van der Waals surface area contributed by atoms with Crippen molar-refractivity contribution in [2.45, 2.75) is 31.5 Å². The number of hydrogen-bond donors (Lipinski definition) is 0. The largest absolute Gasteiger partial charge is 0.307 e. The summed E-state index contributed by atoms with van der Waals surface area (Å²) in [6, 6.07) is 6.81. The van der Waals surface area contributed by atoms with Crippen LogP contribution in [0.1, 0.15) is 18.4 Å². The fourth-order valence-corrected chi connectivity index (χ4v) is 4.21. The first-order valence-electron chi connectivity index (χ1n) is 7.30. The molecule has 2 aromatic rings. The molecule has 0 aliphatic carbocycles. The zero-order valence-corrected chi connectivity index (χ0v) is 12.5. The minimum absolute atomic E-state index is 0.263. The number of hydrogen-bond acceptors (Lipinski definition) is 4. The van der Waals surface area contributed by atoms with E-state index in [0.29, 0.717) is 18.5 Å². The molecule has 108 valence electrons. The number of fused-ring (bicyclic) bond motifs is 1. The molecule has 0 aromatic carbocycles. The van der Waals surface area contributed by atoms with Gasteiger partial charge in [0.25, 0.3) is 0 Å². The Labute approximate surface area is 128 Å². The number of rotatable bonds is 3. The SMILES string of the molecule is O=C1C[C@@H]2[C@H](CCN2Cc2cccnc2)N1c1ccsc1. The first kappa shape index (κ1) is 13.0. The summed E-state index contributed by atoms with van der Waals surface area (Å²) < 4.78 is 0. The van der Waals surface area contributed by atoms with Crippen LogP contribution in [0.2, 0.25) is 0 Å². The van der Waals surface area contributed by atoms with Gasteiger partial charge in [0.15, 0.2) is 0 Å². The van der Waals surface area contributed by atoms with Crippen LogP contribution in [-0.4, -0.2) is 34.4 Å². The Balaban J connectivity index is 1.54. The van der Waals surface area contributed by atoms with Crippen molar-refractivity contribution in [1.82, 2.24) is 9.88 Å². The second-order valence-corrected chi connectivity index (χ2v) is 6.48. The van der Waals surface area contributed by atoms with Crippen molar-refractivity contribution in [1.29, 1.82) is 0 Å². The second-order valence-electron chi connectivity index (χ2n) is 5.70. The van der Waals surface area contributed by atoms with E-state index in [1.54, 1.807) is 17.5 Å². The lowest BCUT2D eigenvalue weighted by atomic mass is 10.1. The molecule has 4 heterocycles. The van der Waals surface area contributed by atoms with Crippen LogP contribution in [0.25, 0.3) is 0 Å². The molecule has 4 nitrogen and oxygen atoms in total. The molecule has 0 bridgehead atoms. The fourth-order valence-electron chi connectivity index (χ4n) is 3.58. The first-order chi connectivity index (χ1) is 10.3. The highest BCUT2D eigenvalue weighted by Crippen LogP contribution is 2.37. The van der Waals surface area contributed by atoms with Gasteiger partial charge >= 0.3 is 0 Å². The summed E-state index contributed by atoms with van der Waals surface area (Å²) in [5, 5.41) is 4.11. The number of aromatic nitrogens is 1. The van der Waals surface area contributed by atoms with E-state index in [0.717, 1.165) is 25.2 Å². The third kappa shape index (κ3) is 2.26. The summed E-state index contributed by atoms with van der Waals surface area (Å²) in [6.07, 6.45) is 5.42. The average Bonchev–Trinajstić information content (AvgIpc) is 3.19. The number of anilines is 1. The summed E-state index contributed by atoms with van der Waals surface area (Å²) in [4.78, 5) is 21.0. The fraction of sp³-hybridized carbons (Fsp3) is 0.375. The number of thiophene rings is 1. The van der Waals surface area contributed by atoms with Crippen LogP contribution in [-0.2, 0) is 11.3 Å². The average molecular weight is 299 g/mol. The van der Waals surface area contributed by atoms with Crippen molar-refractivity contribution >= 4 is 22.9 Å². The predicted octanol–water partition coefficient (Wildman–Crippen LogP) is 2.52. The molecule has 4 rings (SSSR count). The molecule has 2 atom stereocenters. The van der Waals surface area contributed by atoms with Crippen LogP contribution in [0, 0.1) is 0 Å². The van der Waals surface area contributed by atoms with Gasteiger partial charge in [0.2, 0.25) is 5.91 Å². The molecule has 0 unspecified atom stereocenters. The lowest BCUT2D eigenvalue weighted by Gasteiger charge is -2.24. The minimum Gasteiger partial charge on any atom is -0.307 e. The molecule has 0 spiro atoms. The van der Waals surface area contributed by atoms with Crippen LogP contribution in [0.3, 0.4) is 0 Å².